The van der Waals surface area contributed by atoms with Gasteiger partial charge in [0.15, 0.2) is 11.5 Å². The van der Waals surface area contributed by atoms with Gasteiger partial charge >= 0.3 is 0 Å². The molecule has 0 rings (SSSR count). The van der Waals surface area contributed by atoms with Gasteiger partial charge in [0.25, 0.3) is 0 Å². The van der Waals surface area contributed by atoms with Crippen LogP contribution in [0.3, 0.4) is 0 Å². The Kier molecular flexibility index (Phi) is 6.42. The second kappa shape index (κ2) is 6.53. The molecule has 3 heteroatoms. The van der Waals surface area contributed by atoms with Crippen molar-refractivity contribution in [3.05, 3.63) is 0 Å². The quantitative estimate of drug-likeness (QED) is 0.631. The zero-order valence-electron chi connectivity index (χ0n) is 7.54. The van der Waals surface area contributed by atoms with Crippen molar-refractivity contribution in [3.8, 4) is 0 Å². The molecule has 0 N–H and O–H groups in total. The standard InChI is InChI=1S/C8H17NOS/c1-4-5-6-8(7(2)3)9-11-10/h7-8H,4-6H2,1-3H3. The van der Waals surface area contributed by atoms with Crippen LogP contribution < -0.4 is 0 Å². The first kappa shape index (κ1) is 10.8. The molecular weight excluding hydrogens is 158 g/mol. The average Bonchev–Trinajstić information content (AvgIpc) is 1.97. The van der Waals surface area contributed by atoms with Crippen molar-refractivity contribution < 1.29 is 4.21 Å². The molecule has 0 bridgehead atoms. The highest BCUT2D eigenvalue weighted by Crippen LogP contribution is 2.13. The molecule has 0 aliphatic heterocycles. The predicted molar refractivity (Wildman–Crippen MR) is 48.7 cm³/mol. The molecule has 66 valence electrons. The third-order valence-electron chi connectivity index (χ3n) is 1.80. The molecule has 0 aromatic heterocycles. The number of hydrogen-bond donors (Lipinski definition) is 0. The van der Waals surface area contributed by atoms with E-state index in [2.05, 4.69) is 25.1 Å². The van der Waals surface area contributed by atoms with Crippen LogP contribution in [0.2, 0.25) is 0 Å². The Morgan fingerprint density at radius 2 is 2.09 bits per heavy atom. The molecule has 0 radical (unpaired) electrons. The molecule has 0 saturated carbocycles. The van der Waals surface area contributed by atoms with Crippen LogP contribution in [-0.2, 0) is 11.5 Å². The molecule has 0 heterocycles. The summed E-state index contributed by atoms with van der Waals surface area (Å²) < 4.78 is 14.1. The van der Waals surface area contributed by atoms with Crippen molar-refractivity contribution in [1.82, 2.24) is 0 Å². The molecule has 0 amide bonds. The number of hydrogen-bond acceptors (Lipinski definition) is 2. The lowest BCUT2D eigenvalue weighted by molar-refractivity contribution is 0.455. The Balaban J connectivity index is 3.79. The summed E-state index contributed by atoms with van der Waals surface area (Å²) >= 11 is 0.363. The first-order valence-electron chi connectivity index (χ1n) is 4.21. The second-order valence-electron chi connectivity index (χ2n) is 3.13. The van der Waals surface area contributed by atoms with Crippen molar-refractivity contribution in [2.45, 2.75) is 46.1 Å². The van der Waals surface area contributed by atoms with E-state index in [0.29, 0.717) is 17.4 Å². The van der Waals surface area contributed by atoms with Crippen molar-refractivity contribution in [1.29, 1.82) is 0 Å². The van der Waals surface area contributed by atoms with Crippen molar-refractivity contribution >= 4 is 11.5 Å². The van der Waals surface area contributed by atoms with Gasteiger partial charge in [-0.2, -0.15) is 8.57 Å². The van der Waals surface area contributed by atoms with E-state index in [1.807, 2.05) is 0 Å². The van der Waals surface area contributed by atoms with Crippen molar-refractivity contribution in [2.75, 3.05) is 0 Å². The summed E-state index contributed by atoms with van der Waals surface area (Å²) in [6, 6.07) is 0.262. The highest BCUT2D eigenvalue weighted by atomic mass is 32.1. The van der Waals surface area contributed by atoms with Crippen LogP contribution in [0.4, 0.5) is 0 Å². The fraction of sp³-hybridized carbons (Fsp3) is 1.00. The molecule has 0 aromatic carbocycles. The lowest BCUT2D eigenvalue weighted by atomic mass is 10.00. The van der Waals surface area contributed by atoms with E-state index >= 15 is 0 Å². The van der Waals surface area contributed by atoms with E-state index < -0.39 is 0 Å². The Labute approximate surface area is 72.6 Å². The lowest BCUT2D eigenvalue weighted by Crippen LogP contribution is -2.11. The third kappa shape index (κ3) is 5.13. The summed E-state index contributed by atoms with van der Waals surface area (Å²) in [5.41, 5.74) is 0. The van der Waals surface area contributed by atoms with Gasteiger partial charge in [-0.25, -0.2) is 0 Å². The van der Waals surface area contributed by atoms with E-state index in [1.165, 1.54) is 12.8 Å². The largest absolute Gasteiger partial charge is 0.199 e. The molecule has 0 spiro atoms. The molecule has 0 saturated heterocycles. The average molecular weight is 175 g/mol. The normalized spacial score (nSPS) is 13.1. The molecule has 0 aromatic rings. The SMILES string of the molecule is CCCCC(N=S=O)C(C)C. The van der Waals surface area contributed by atoms with Gasteiger partial charge in [0, 0.05) is 0 Å². The summed E-state index contributed by atoms with van der Waals surface area (Å²) in [5.74, 6) is 0.503. The van der Waals surface area contributed by atoms with E-state index in [0.717, 1.165) is 6.42 Å². The molecule has 0 aliphatic carbocycles. The maximum Gasteiger partial charge on any atom is 0.199 e. The molecule has 2 nitrogen and oxygen atoms in total. The van der Waals surface area contributed by atoms with Crippen LogP contribution >= 0.6 is 0 Å². The van der Waals surface area contributed by atoms with Gasteiger partial charge in [0.1, 0.15) is 0 Å². The Morgan fingerprint density at radius 1 is 1.45 bits per heavy atom. The van der Waals surface area contributed by atoms with E-state index in [-0.39, 0.29) is 6.04 Å². The number of nitrogens with zero attached hydrogens (tertiary/aromatic N) is 1. The van der Waals surface area contributed by atoms with Crippen LogP contribution in [0, 0.1) is 5.92 Å². The molecule has 1 atom stereocenters. The van der Waals surface area contributed by atoms with Crippen molar-refractivity contribution in [2.24, 2.45) is 10.3 Å². The summed E-state index contributed by atoms with van der Waals surface area (Å²) in [4.78, 5) is 0. The maximum absolute atomic E-state index is 10.2. The summed E-state index contributed by atoms with van der Waals surface area (Å²) in [7, 11) is 0. The highest BCUT2D eigenvalue weighted by Gasteiger charge is 2.10. The minimum absolute atomic E-state index is 0.262. The first-order valence-corrected chi connectivity index (χ1v) is 4.91. The monoisotopic (exact) mass is 175 g/mol. The minimum atomic E-state index is 0.262. The number of unbranched alkanes of at least 4 members (excludes halogenated alkanes) is 1. The first-order chi connectivity index (χ1) is 5.22. The zero-order chi connectivity index (χ0) is 8.69. The Morgan fingerprint density at radius 3 is 2.45 bits per heavy atom. The molecule has 0 fully saturated rings. The highest BCUT2D eigenvalue weighted by molar-refractivity contribution is 7.54. The van der Waals surface area contributed by atoms with Gasteiger partial charge in [0.05, 0.1) is 6.04 Å². The van der Waals surface area contributed by atoms with Crippen LogP contribution in [-0.4, -0.2) is 10.3 Å². The van der Waals surface area contributed by atoms with Gasteiger partial charge in [-0.05, 0) is 12.3 Å². The van der Waals surface area contributed by atoms with Crippen LogP contribution in [0.5, 0.6) is 0 Å². The van der Waals surface area contributed by atoms with Gasteiger partial charge < -0.3 is 0 Å². The molecule has 1 unspecified atom stereocenters. The maximum atomic E-state index is 10.2. The molecule has 11 heavy (non-hydrogen) atoms. The smallest absolute Gasteiger partial charge is 0.191 e. The van der Waals surface area contributed by atoms with Crippen LogP contribution in [0.25, 0.3) is 0 Å². The molecule has 0 aliphatic rings. The van der Waals surface area contributed by atoms with Crippen molar-refractivity contribution in [3.63, 3.8) is 0 Å². The zero-order valence-corrected chi connectivity index (χ0v) is 8.36. The fourth-order valence-corrected chi connectivity index (χ4v) is 1.44. The van der Waals surface area contributed by atoms with Gasteiger partial charge in [-0.3, -0.25) is 0 Å². The van der Waals surface area contributed by atoms with Gasteiger partial charge in [0.2, 0.25) is 0 Å². The fourth-order valence-electron chi connectivity index (χ4n) is 0.976. The lowest BCUT2D eigenvalue weighted by Gasteiger charge is -2.12. The van der Waals surface area contributed by atoms with Crippen LogP contribution in [0.15, 0.2) is 4.36 Å². The van der Waals surface area contributed by atoms with E-state index in [9.17, 15) is 4.21 Å². The Hall–Kier alpha value is -0.180. The van der Waals surface area contributed by atoms with Crippen LogP contribution in [0.1, 0.15) is 40.0 Å². The summed E-state index contributed by atoms with van der Waals surface area (Å²) in [6.45, 7) is 6.38. The minimum Gasteiger partial charge on any atom is -0.191 e. The van der Waals surface area contributed by atoms with E-state index in [1.54, 1.807) is 0 Å². The van der Waals surface area contributed by atoms with Gasteiger partial charge in [-0.15, -0.1) is 0 Å². The Bertz CT molecular complexity index is 141. The van der Waals surface area contributed by atoms with E-state index in [4.69, 9.17) is 0 Å². The predicted octanol–water partition coefficient (Wildman–Crippen LogP) is 2.60. The topological polar surface area (TPSA) is 29.4 Å². The second-order valence-corrected chi connectivity index (χ2v) is 3.49. The summed E-state index contributed by atoms with van der Waals surface area (Å²) in [6.07, 6.45) is 3.42. The third-order valence-corrected chi connectivity index (χ3v) is 2.16. The molecular formula is C8H17NOS. The van der Waals surface area contributed by atoms with Gasteiger partial charge in [-0.1, -0.05) is 33.6 Å². The number of rotatable bonds is 5. The summed E-state index contributed by atoms with van der Waals surface area (Å²) in [5, 5.41) is 0.